The highest BCUT2D eigenvalue weighted by Crippen LogP contribution is 2.33. The molecule has 1 saturated heterocycles. The zero-order chi connectivity index (χ0) is 19.9. The number of alkyl halides is 3. The molecule has 0 spiro atoms. The van der Waals surface area contributed by atoms with Crippen LogP contribution in [0.15, 0.2) is 35.1 Å². The van der Waals surface area contributed by atoms with Crippen molar-refractivity contribution in [1.82, 2.24) is 14.7 Å². The lowest BCUT2D eigenvalue weighted by Gasteiger charge is -2.39. The predicted octanol–water partition coefficient (Wildman–Crippen LogP) is 2.82. The van der Waals surface area contributed by atoms with E-state index in [2.05, 4.69) is 5.10 Å². The topological polar surface area (TPSA) is 55.2 Å². The molecule has 3 heterocycles. The van der Waals surface area contributed by atoms with Gasteiger partial charge in [-0.15, -0.1) is 0 Å². The van der Waals surface area contributed by atoms with Crippen LogP contribution in [0.25, 0.3) is 0 Å². The minimum absolute atomic E-state index is 0.00298. The maximum Gasteiger partial charge on any atom is 0.417 e. The van der Waals surface area contributed by atoms with Gasteiger partial charge in [-0.25, -0.2) is 4.68 Å². The Labute approximate surface area is 163 Å². The van der Waals surface area contributed by atoms with Gasteiger partial charge in [0.05, 0.1) is 23.4 Å². The number of carbonyl (C=O) groups is 1. The number of thioether (sulfide) groups is 1. The zero-order valence-electron chi connectivity index (χ0n) is 14.9. The fraction of sp³-hybridized carbons (Fsp3) is 0.421. The Morgan fingerprint density at radius 3 is 2.75 bits per heavy atom. The third-order valence-electron chi connectivity index (χ3n) is 5.04. The van der Waals surface area contributed by atoms with Gasteiger partial charge in [0, 0.05) is 37.2 Å². The molecule has 0 radical (unpaired) electrons. The molecule has 2 aromatic rings. The van der Waals surface area contributed by atoms with Crippen molar-refractivity contribution >= 4 is 17.7 Å². The molecule has 5 nitrogen and oxygen atoms in total. The monoisotopic (exact) mass is 409 g/mol. The van der Waals surface area contributed by atoms with Crippen LogP contribution in [0.1, 0.15) is 27.2 Å². The van der Waals surface area contributed by atoms with Crippen LogP contribution in [0.2, 0.25) is 0 Å². The predicted molar refractivity (Wildman–Crippen MR) is 99.2 cm³/mol. The van der Waals surface area contributed by atoms with Crippen LogP contribution in [-0.4, -0.2) is 39.4 Å². The van der Waals surface area contributed by atoms with Crippen LogP contribution >= 0.6 is 11.8 Å². The summed E-state index contributed by atoms with van der Waals surface area (Å²) in [7, 11) is 0. The maximum atomic E-state index is 13.1. The molecule has 0 aliphatic carbocycles. The number of carbonyl (C=O) groups excluding carboxylic acids is 1. The lowest BCUT2D eigenvalue weighted by molar-refractivity contribution is -0.138. The zero-order valence-corrected chi connectivity index (χ0v) is 15.7. The third-order valence-corrected chi connectivity index (χ3v) is 6.05. The van der Waals surface area contributed by atoms with Gasteiger partial charge in [0.1, 0.15) is 0 Å². The molecule has 2 aliphatic rings. The normalized spacial score (nSPS) is 17.2. The standard InChI is InChI=1S/C19H18F3N3O2S/c20-19(21,22)15-4-2-1-3-14(15)18(27)24-8-12(9-24)10-25-17(26)7-13-11-28-6-5-16(13)23-25/h1-4,7,12H,5-6,8-11H2. The first kappa shape index (κ1) is 19.0. The van der Waals surface area contributed by atoms with Crippen LogP contribution in [0.5, 0.6) is 0 Å². The lowest BCUT2D eigenvalue weighted by atomic mass is 9.97. The first-order chi connectivity index (χ1) is 13.3. The third kappa shape index (κ3) is 3.67. The smallest absolute Gasteiger partial charge is 0.338 e. The summed E-state index contributed by atoms with van der Waals surface area (Å²) >= 11 is 1.77. The van der Waals surface area contributed by atoms with Gasteiger partial charge in [-0.05, 0) is 23.4 Å². The molecule has 1 aromatic carbocycles. The van der Waals surface area contributed by atoms with Gasteiger partial charge in [-0.2, -0.15) is 30.0 Å². The van der Waals surface area contributed by atoms with Crippen molar-refractivity contribution in [3.8, 4) is 0 Å². The fourth-order valence-corrected chi connectivity index (χ4v) is 4.52. The second kappa shape index (κ2) is 7.27. The fourth-order valence-electron chi connectivity index (χ4n) is 3.57. The molecule has 0 saturated carbocycles. The van der Waals surface area contributed by atoms with E-state index in [0.717, 1.165) is 35.3 Å². The molecule has 0 atom stereocenters. The average molecular weight is 409 g/mol. The lowest BCUT2D eigenvalue weighted by Crippen LogP contribution is -2.52. The number of amides is 1. The number of hydrogen-bond acceptors (Lipinski definition) is 4. The minimum Gasteiger partial charge on any atom is -0.338 e. The highest BCUT2D eigenvalue weighted by molar-refractivity contribution is 7.98. The van der Waals surface area contributed by atoms with Crippen molar-refractivity contribution in [2.75, 3.05) is 18.8 Å². The molecule has 0 N–H and O–H groups in total. The highest BCUT2D eigenvalue weighted by atomic mass is 32.2. The summed E-state index contributed by atoms with van der Waals surface area (Å²) in [6.07, 6.45) is -3.75. The van der Waals surface area contributed by atoms with E-state index in [1.165, 1.54) is 27.8 Å². The van der Waals surface area contributed by atoms with Crippen LogP contribution < -0.4 is 5.56 Å². The van der Waals surface area contributed by atoms with Crippen LogP contribution in [0.3, 0.4) is 0 Å². The van der Waals surface area contributed by atoms with E-state index in [0.29, 0.717) is 19.6 Å². The van der Waals surface area contributed by atoms with Crippen molar-refractivity contribution < 1.29 is 18.0 Å². The molecule has 4 rings (SSSR count). The largest absolute Gasteiger partial charge is 0.417 e. The number of nitrogens with zero attached hydrogens (tertiary/aromatic N) is 3. The van der Waals surface area contributed by atoms with E-state index in [9.17, 15) is 22.8 Å². The van der Waals surface area contributed by atoms with Crippen LogP contribution in [0, 0.1) is 5.92 Å². The Balaban J connectivity index is 1.43. The quantitative estimate of drug-likeness (QED) is 0.782. The molecule has 2 aliphatic heterocycles. The summed E-state index contributed by atoms with van der Waals surface area (Å²) in [5.74, 6) is 1.14. The van der Waals surface area contributed by atoms with Gasteiger partial charge < -0.3 is 4.90 Å². The number of hydrogen-bond donors (Lipinski definition) is 0. The number of aromatic nitrogens is 2. The van der Waals surface area contributed by atoms with E-state index >= 15 is 0 Å². The molecule has 0 unspecified atom stereocenters. The van der Waals surface area contributed by atoms with Crippen molar-refractivity contribution in [3.05, 3.63) is 63.1 Å². The first-order valence-electron chi connectivity index (χ1n) is 8.96. The number of rotatable bonds is 3. The van der Waals surface area contributed by atoms with Gasteiger partial charge >= 0.3 is 6.18 Å². The Kier molecular flexibility index (Phi) is 4.95. The van der Waals surface area contributed by atoms with Crippen molar-refractivity contribution in [3.63, 3.8) is 0 Å². The molecular weight excluding hydrogens is 391 g/mol. The second-order valence-electron chi connectivity index (χ2n) is 7.06. The minimum atomic E-state index is -4.57. The van der Waals surface area contributed by atoms with Crippen molar-refractivity contribution in [1.29, 1.82) is 0 Å². The van der Waals surface area contributed by atoms with E-state index in [4.69, 9.17) is 0 Å². The molecule has 1 fully saturated rings. The number of fused-ring (bicyclic) bond motifs is 1. The summed E-state index contributed by atoms with van der Waals surface area (Å²) < 4.78 is 40.8. The van der Waals surface area contributed by atoms with E-state index in [1.807, 2.05) is 0 Å². The molecule has 9 heteroatoms. The van der Waals surface area contributed by atoms with E-state index in [-0.39, 0.29) is 17.0 Å². The summed E-state index contributed by atoms with van der Waals surface area (Å²) in [5, 5.41) is 4.45. The molecule has 28 heavy (non-hydrogen) atoms. The summed E-state index contributed by atoms with van der Waals surface area (Å²) in [4.78, 5) is 26.1. The molecular formula is C19H18F3N3O2S. The highest BCUT2D eigenvalue weighted by Gasteiger charge is 2.38. The Bertz CT molecular complexity index is 968. The Morgan fingerprint density at radius 1 is 1.25 bits per heavy atom. The Morgan fingerprint density at radius 2 is 2.00 bits per heavy atom. The summed E-state index contributed by atoms with van der Waals surface area (Å²) in [6.45, 7) is 0.988. The SMILES string of the molecule is O=C(c1ccccc1C(F)(F)F)N1CC(Cn2nc3c(cc2=O)CSCC3)C1. The Hall–Kier alpha value is -2.29. The molecule has 1 aromatic heterocycles. The van der Waals surface area contributed by atoms with Gasteiger partial charge in [0.2, 0.25) is 0 Å². The second-order valence-corrected chi connectivity index (χ2v) is 8.16. The number of benzene rings is 1. The molecule has 0 bridgehead atoms. The number of aryl methyl sites for hydroxylation is 1. The van der Waals surface area contributed by atoms with Crippen molar-refractivity contribution in [2.24, 2.45) is 5.92 Å². The van der Waals surface area contributed by atoms with Crippen LogP contribution in [0.4, 0.5) is 13.2 Å². The van der Waals surface area contributed by atoms with E-state index in [1.54, 1.807) is 17.8 Å². The first-order valence-corrected chi connectivity index (χ1v) is 10.1. The average Bonchev–Trinajstić information content (AvgIpc) is 2.63. The van der Waals surface area contributed by atoms with Gasteiger partial charge in [-0.3, -0.25) is 9.59 Å². The van der Waals surface area contributed by atoms with Crippen LogP contribution in [-0.2, 0) is 24.9 Å². The van der Waals surface area contributed by atoms with Gasteiger partial charge in [-0.1, -0.05) is 12.1 Å². The van der Waals surface area contributed by atoms with Gasteiger partial charge in [0.25, 0.3) is 11.5 Å². The van der Waals surface area contributed by atoms with Crippen molar-refractivity contribution in [2.45, 2.75) is 24.9 Å². The molecule has 1 amide bonds. The number of halogens is 3. The molecule has 148 valence electrons. The number of likely N-dealkylation sites (tertiary alicyclic amines) is 1. The maximum absolute atomic E-state index is 13.1. The summed E-state index contributed by atoms with van der Waals surface area (Å²) in [6, 6.07) is 6.43. The summed E-state index contributed by atoms with van der Waals surface area (Å²) in [5.41, 5.74) is 0.480. The van der Waals surface area contributed by atoms with E-state index < -0.39 is 17.6 Å². The van der Waals surface area contributed by atoms with Gasteiger partial charge in [0.15, 0.2) is 0 Å².